The van der Waals surface area contributed by atoms with Gasteiger partial charge in [0.1, 0.15) is 0 Å². The molecule has 13 heavy (non-hydrogen) atoms. The molecular formula is C8H10INO2S. The molecule has 0 bridgehead atoms. The highest BCUT2D eigenvalue weighted by Crippen LogP contribution is 2.17. The summed E-state index contributed by atoms with van der Waals surface area (Å²) >= 11 is 2.14. The zero-order valence-electron chi connectivity index (χ0n) is 7.12. The average Bonchev–Trinajstić information content (AvgIpc) is 2.01. The minimum Gasteiger partial charge on any atom is -0.225 e. The van der Waals surface area contributed by atoms with Gasteiger partial charge >= 0.3 is 0 Å². The van der Waals surface area contributed by atoms with E-state index in [2.05, 4.69) is 22.6 Å². The molecule has 0 fully saturated rings. The van der Waals surface area contributed by atoms with Crippen molar-refractivity contribution in [1.29, 1.82) is 0 Å². The first kappa shape index (κ1) is 10.9. The number of rotatable bonds is 2. The van der Waals surface area contributed by atoms with Crippen LogP contribution < -0.4 is 5.14 Å². The molecule has 0 aliphatic heterocycles. The van der Waals surface area contributed by atoms with Crippen LogP contribution in [0.1, 0.15) is 12.5 Å². The molecule has 3 nitrogen and oxygen atoms in total. The summed E-state index contributed by atoms with van der Waals surface area (Å²) in [6.45, 7) is 1.90. The Morgan fingerprint density at radius 1 is 1.46 bits per heavy atom. The Labute approximate surface area is 91.5 Å². The zero-order valence-corrected chi connectivity index (χ0v) is 10.1. The van der Waals surface area contributed by atoms with E-state index in [0.717, 1.165) is 9.13 Å². The average molecular weight is 311 g/mol. The maximum absolute atomic E-state index is 11.1. The van der Waals surface area contributed by atoms with Gasteiger partial charge in [0.25, 0.3) is 0 Å². The van der Waals surface area contributed by atoms with Crippen LogP contribution in [0.4, 0.5) is 0 Å². The molecule has 1 rings (SSSR count). The summed E-state index contributed by atoms with van der Waals surface area (Å²) in [7, 11) is -3.57. The van der Waals surface area contributed by atoms with Crippen LogP contribution in [0.3, 0.4) is 0 Å². The summed E-state index contributed by atoms with van der Waals surface area (Å²) in [5.74, 6) is 0. The Morgan fingerprint density at radius 3 is 2.54 bits per heavy atom. The summed E-state index contributed by atoms with van der Waals surface area (Å²) in [6, 6.07) is 5.12. The Balaban J connectivity index is 3.39. The molecule has 0 spiro atoms. The molecular weight excluding hydrogens is 301 g/mol. The van der Waals surface area contributed by atoms with Crippen molar-refractivity contribution < 1.29 is 8.42 Å². The largest absolute Gasteiger partial charge is 0.238 e. The highest BCUT2D eigenvalue weighted by atomic mass is 127. The SMILES string of the molecule is CCc1cc(I)ccc1S(N)(=O)=O. The van der Waals surface area contributed by atoms with Crippen LogP contribution >= 0.6 is 22.6 Å². The fraction of sp³-hybridized carbons (Fsp3) is 0.250. The molecule has 0 aliphatic rings. The van der Waals surface area contributed by atoms with Crippen molar-refractivity contribution in [2.45, 2.75) is 18.2 Å². The first-order chi connectivity index (χ1) is 5.95. The van der Waals surface area contributed by atoms with Gasteiger partial charge in [0.05, 0.1) is 4.90 Å². The lowest BCUT2D eigenvalue weighted by atomic mass is 10.2. The Bertz CT molecular complexity index is 414. The number of sulfonamides is 1. The molecule has 0 aromatic heterocycles. The predicted molar refractivity (Wildman–Crippen MR) is 59.9 cm³/mol. The quantitative estimate of drug-likeness (QED) is 0.842. The first-order valence-electron chi connectivity index (χ1n) is 3.76. The van der Waals surface area contributed by atoms with E-state index < -0.39 is 10.0 Å². The van der Waals surface area contributed by atoms with Crippen LogP contribution in [0.5, 0.6) is 0 Å². The van der Waals surface area contributed by atoms with E-state index in [1.165, 1.54) is 0 Å². The third-order valence-corrected chi connectivity index (χ3v) is 3.39. The van der Waals surface area contributed by atoms with Crippen LogP contribution in [-0.4, -0.2) is 8.42 Å². The number of hydrogen-bond acceptors (Lipinski definition) is 2. The molecule has 0 saturated carbocycles. The van der Waals surface area contributed by atoms with Gasteiger partial charge in [0.15, 0.2) is 0 Å². The standard InChI is InChI=1S/C8H10INO2S/c1-2-6-5-7(9)3-4-8(6)13(10,11)12/h3-5H,2H2,1H3,(H2,10,11,12). The number of nitrogens with two attached hydrogens (primary N) is 1. The van der Waals surface area contributed by atoms with Gasteiger partial charge in [-0.15, -0.1) is 0 Å². The molecule has 1 aromatic carbocycles. The van der Waals surface area contributed by atoms with Crippen molar-refractivity contribution in [1.82, 2.24) is 0 Å². The van der Waals surface area contributed by atoms with Crippen molar-refractivity contribution >= 4 is 32.6 Å². The van der Waals surface area contributed by atoms with Crippen molar-refractivity contribution in [3.63, 3.8) is 0 Å². The van der Waals surface area contributed by atoms with Gasteiger partial charge in [-0.1, -0.05) is 6.92 Å². The summed E-state index contributed by atoms with van der Waals surface area (Å²) in [6.07, 6.45) is 0.669. The fourth-order valence-electron chi connectivity index (χ4n) is 1.10. The smallest absolute Gasteiger partial charge is 0.225 e. The Kier molecular flexibility index (Phi) is 3.31. The van der Waals surface area contributed by atoms with Gasteiger partial charge in [-0.05, 0) is 52.8 Å². The van der Waals surface area contributed by atoms with Gasteiger partial charge in [0, 0.05) is 3.57 Å². The van der Waals surface area contributed by atoms with Gasteiger partial charge in [0.2, 0.25) is 10.0 Å². The second kappa shape index (κ2) is 3.93. The first-order valence-corrected chi connectivity index (χ1v) is 6.39. The molecule has 0 aliphatic carbocycles. The third kappa shape index (κ3) is 2.65. The zero-order chi connectivity index (χ0) is 10.1. The topological polar surface area (TPSA) is 60.2 Å². The molecule has 0 heterocycles. The molecule has 2 N–H and O–H groups in total. The number of benzene rings is 1. The lowest BCUT2D eigenvalue weighted by Gasteiger charge is -2.05. The van der Waals surface area contributed by atoms with Gasteiger partial charge in [-0.2, -0.15) is 0 Å². The van der Waals surface area contributed by atoms with E-state index in [1.807, 2.05) is 13.0 Å². The molecule has 0 radical (unpaired) electrons. The number of halogens is 1. The summed E-state index contributed by atoms with van der Waals surface area (Å²) < 4.78 is 23.2. The molecule has 72 valence electrons. The maximum Gasteiger partial charge on any atom is 0.238 e. The summed E-state index contributed by atoms with van der Waals surface area (Å²) in [5, 5.41) is 5.05. The van der Waals surface area contributed by atoms with Crippen molar-refractivity contribution in [2.75, 3.05) is 0 Å². The Morgan fingerprint density at radius 2 is 2.08 bits per heavy atom. The molecule has 0 saturated heterocycles. The molecule has 0 atom stereocenters. The van der Waals surface area contributed by atoms with E-state index in [1.54, 1.807) is 12.1 Å². The summed E-state index contributed by atoms with van der Waals surface area (Å²) in [4.78, 5) is 0.232. The molecule has 0 unspecified atom stereocenters. The minimum absolute atomic E-state index is 0.232. The highest BCUT2D eigenvalue weighted by Gasteiger charge is 2.12. The third-order valence-electron chi connectivity index (χ3n) is 1.71. The van der Waals surface area contributed by atoms with Crippen molar-refractivity contribution in [3.8, 4) is 0 Å². The van der Waals surface area contributed by atoms with Gasteiger partial charge in [-0.3, -0.25) is 0 Å². The fourth-order valence-corrected chi connectivity index (χ4v) is 2.48. The van der Waals surface area contributed by atoms with Crippen LogP contribution in [0, 0.1) is 3.57 Å². The number of primary sulfonamides is 1. The van der Waals surface area contributed by atoms with E-state index in [-0.39, 0.29) is 4.90 Å². The number of hydrogen-bond donors (Lipinski definition) is 1. The van der Waals surface area contributed by atoms with Crippen LogP contribution in [0.15, 0.2) is 23.1 Å². The lowest BCUT2D eigenvalue weighted by molar-refractivity contribution is 0.596. The second-order valence-corrected chi connectivity index (χ2v) is 5.43. The monoisotopic (exact) mass is 311 g/mol. The molecule has 1 aromatic rings. The predicted octanol–water partition coefficient (Wildman–Crippen LogP) is 1.50. The van der Waals surface area contributed by atoms with E-state index in [4.69, 9.17) is 5.14 Å². The second-order valence-electron chi connectivity index (χ2n) is 2.65. The minimum atomic E-state index is -3.57. The Hall–Kier alpha value is -0.140. The van der Waals surface area contributed by atoms with Crippen LogP contribution in [0.25, 0.3) is 0 Å². The molecule has 0 amide bonds. The van der Waals surface area contributed by atoms with Gasteiger partial charge < -0.3 is 0 Å². The van der Waals surface area contributed by atoms with Crippen molar-refractivity contribution in [3.05, 3.63) is 27.3 Å². The number of aryl methyl sites for hydroxylation is 1. The molecule has 5 heteroatoms. The summed E-state index contributed by atoms with van der Waals surface area (Å²) in [5.41, 5.74) is 0.773. The van der Waals surface area contributed by atoms with E-state index in [0.29, 0.717) is 6.42 Å². The van der Waals surface area contributed by atoms with Crippen LogP contribution in [-0.2, 0) is 16.4 Å². The maximum atomic E-state index is 11.1. The normalized spacial score (nSPS) is 11.6. The highest BCUT2D eigenvalue weighted by molar-refractivity contribution is 14.1. The van der Waals surface area contributed by atoms with E-state index >= 15 is 0 Å². The van der Waals surface area contributed by atoms with Crippen molar-refractivity contribution in [2.24, 2.45) is 5.14 Å². The van der Waals surface area contributed by atoms with E-state index in [9.17, 15) is 8.42 Å². The van der Waals surface area contributed by atoms with Gasteiger partial charge in [-0.25, -0.2) is 13.6 Å². The van der Waals surface area contributed by atoms with Crippen LogP contribution in [0.2, 0.25) is 0 Å². The lowest BCUT2D eigenvalue weighted by Crippen LogP contribution is -2.14.